The van der Waals surface area contributed by atoms with Gasteiger partial charge in [0.2, 0.25) is 5.95 Å². The van der Waals surface area contributed by atoms with Crippen LogP contribution in [0.15, 0.2) is 42.7 Å². The molecule has 0 atom stereocenters. The minimum absolute atomic E-state index is 0.881. The number of rotatable bonds is 2. The zero-order valence-corrected chi connectivity index (χ0v) is 13.8. The third kappa shape index (κ3) is 2.16. The Bertz CT molecular complexity index is 1000. The maximum absolute atomic E-state index is 4.92. The molecule has 1 saturated heterocycles. The van der Waals surface area contributed by atoms with Crippen LogP contribution in [-0.2, 0) is 0 Å². The molecule has 4 heterocycles. The van der Waals surface area contributed by atoms with E-state index in [1.54, 1.807) is 17.7 Å². The molecule has 0 bridgehead atoms. The molecule has 7 heteroatoms. The smallest absolute Gasteiger partial charge is 0.230 e. The number of nitrogens with zero attached hydrogens (tertiary/aromatic N) is 5. The molecule has 1 aromatic carbocycles. The Morgan fingerprint density at radius 3 is 2.75 bits per heavy atom. The van der Waals surface area contributed by atoms with Gasteiger partial charge in [-0.3, -0.25) is 0 Å². The van der Waals surface area contributed by atoms with Crippen LogP contribution in [0.5, 0.6) is 0 Å². The predicted octanol–water partition coefficient (Wildman–Crippen LogP) is 2.42. The summed E-state index contributed by atoms with van der Waals surface area (Å²) in [5.74, 6) is 0.887. The van der Waals surface area contributed by atoms with Gasteiger partial charge in [-0.2, -0.15) is 9.61 Å². The van der Waals surface area contributed by atoms with E-state index < -0.39 is 0 Å². The third-order valence-corrected chi connectivity index (χ3v) is 5.43. The lowest BCUT2D eigenvalue weighted by atomic mass is 10.2. The lowest BCUT2D eigenvalue weighted by Crippen LogP contribution is -2.44. The van der Waals surface area contributed by atoms with E-state index in [-0.39, 0.29) is 0 Å². The molecule has 120 valence electrons. The van der Waals surface area contributed by atoms with Crippen LogP contribution in [-0.4, -0.2) is 45.8 Å². The number of piperazine rings is 1. The summed E-state index contributed by atoms with van der Waals surface area (Å²) in [6.45, 7) is 3.81. The van der Waals surface area contributed by atoms with Crippen molar-refractivity contribution in [3.05, 3.63) is 42.7 Å². The first kappa shape index (κ1) is 13.9. The Morgan fingerprint density at radius 1 is 1.08 bits per heavy atom. The standard InChI is InChI=1S/C17H16N6S/c1-2-4-12(5-3-1)14-10-13-15-19-11-20-23(15)17(21-16(13)24-14)22-8-6-18-7-9-22/h1-5,10-11,18H,6-9H2. The molecule has 5 rings (SSSR count). The molecule has 1 aliphatic rings. The summed E-state index contributed by atoms with van der Waals surface area (Å²) in [6.07, 6.45) is 1.61. The quantitative estimate of drug-likeness (QED) is 0.609. The normalized spacial score (nSPS) is 15.4. The van der Waals surface area contributed by atoms with Crippen LogP contribution in [0.2, 0.25) is 0 Å². The average molecular weight is 336 g/mol. The number of hydrogen-bond acceptors (Lipinski definition) is 6. The molecule has 24 heavy (non-hydrogen) atoms. The lowest BCUT2D eigenvalue weighted by Gasteiger charge is -2.28. The first-order valence-electron chi connectivity index (χ1n) is 8.04. The van der Waals surface area contributed by atoms with Gasteiger partial charge in [0, 0.05) is 31.1 Å². The zero-order chi connectivity index (χ0) is 15.9. The molecule has 0 radical (unpaired) electrons. The van der Waals surface area contributed by atoms with Gasteiger partial charge >= 0.3 is 0 Å². The van der Waals surface area contributed by atoms with E-state index in [4.69, 9.17) is 4.98 Å². The number of thiophene rings is 1. The van der Waals surface area contributed by atoms with Gasteiger partial charge < -0.3 is 10.2 Å². The van der Waals surface area contributed by atoms with Crippen molar-refractivity contribution in [3.63, 3.8) is 0 Å². The largest absolute Gasteiger partial charge is 0.338 e. The minimum Gasteiger partial charge on any atom is -0.338 e. The molecule has 0 amide bonds. The molecule has 1 aliphatic heterocycles. The highest BCUT2D eigenvalue weighted by molar-refractivity contribution is 7.22. The highest BCUT2D eigenvalue weighted by atomic mass is 32.1. The van der Waals surface area contributed by atoms with E-state index in [2.05, 4.69) is 50.6 Å². The molecule has 6 nitrogen and oxygen atoms in total. The zero-order valence-electron chi connectivity index (χ0n) is 13.0. The van der Waals surface area contributed by atoms with E-state index in [0.717, 1.165) is 48.0 Å². The van der Waals surface area contributed by atoms with Crippen LogP contribution < -0.4 is 10.2 Å². The Kier molecular flexibility index (Phi) is 3.20. The second-order valence-corrected chi connectivity index (χ2v) is 6.87. The highest BCUT2D eigenvalue weighted by Gasteiger charge is 2.19. The second-order valence-electron chi connectivity index (χ2n) is 5.84. The summed E-state index contributed by atoms with van der Waals surface area (Å²) in [7, 11) is 0. The van der Waals surface area contributed by atoms with Crippen molar-refractivity contribution in [1.29, 1.82) is 0 Å². The summed E-state index contributed by atoms with van der Waals surface area (Å²) < 4.78 is 1.87. The van der Waals surface area contributed by atoms with Gasteiger partial charge in [0.1, 0.15) is 11.2 Å². The van der Waals surface area contributed by atoms with Gasteiger partial charge in [0.05, 0.1) is 5.39 Å². The van der Waals surface area contributed by atoms with Gasteiger partial charge in [-0.25, -0.2) is 9.97 Å². The lowest BCUT2D eigenvalue weighted by molar-refractivity contribution is 0.575. The van der Waals surface area contributed by atoms with Crippen molar-refractivity contribution in [1.82, 2.24) is 24.9 Å². The van der Waals surface area contributed by atoms with E-state index in [0.29, 0.717) is 0 Å². The summed E-state index contributed by atoms with van der Waals surface area (Å²) in [5, 5.41) is 8.85. The van der Waals surface area contributed by atoms with Crippen molar-refractivity contribution >= 4 is 33.1 Å². The van der Waals surface area contributed by atoms with Crippen LogP contribution in [0.1, 0.15) is 0 Å². The maximum Gasteiger partial charge on any atom is 0.230 e. The van der Waals surface area contributed by atoms with Crippen molar-refractivity contribution in [2.75, 3.05) is 31.1 Å². The molecule has 1 fully saturated rings. The number of benzene rings is 1. The van der Waals surface area contributed by atoms with E-state index in [9.17, 15) is 0 Å². The van der Waals surface area contributed by atoms with Gasteiger partial charge in [-0.15, -0.1) is 11.3 Å². The Morgan fingerprint density at radius 2 is 1.92 bits per heavy atom. The predicted molar refractivity (Wildman–Crippen MR) is 96.7 cm³/mol. The van der Waals surface area contributed by atoms with Crippen molar-refractivity contribution < 1.29 is 0 Å². The first-order valence-corrected chi connectivity index (χ1v) is 8.86. The van der Waals surface area contributed by atoms with E-state index >= 15 is 0 Å². The molecule has 4 aromatic rings. The van der Waals surface area contributed by atoms with E-state index in [1.165, 1.54) is 10.4 Å². The monoisotopic (exact) mass is 336 g/mol. The summed E-state index contributed by atoms with van der Waals surface area (Å²) in [4.78, 5) is 13.9. The second kappa shape index (κ2) is 5.54. The fourth-order valence-electron chi connectivity index (χ4n) is 3.15. The Hall–Kier alpha value is -2.51. The van der Waals surface area contributed by atoms with Gasteiger partial charge in [0.25, 0.3) is 0 Å². The van der Waals surface area contributed by atoms with Crippen LogP contribution in [0, 0.1) is 0 Å². The molecular weight excluding hydrogens is 320 g/mol. The van der Waals surface area contributed by atoms with Gasteiger partial charge in [0.15, 0.2) is 5.65 Å². The Balaban J connectivity index is 1.72. The topological polar surface area (TPSA) is 58.4 Å². The average Bonchev–Trinajstić information content (AvgIpc) is 3.29. The summed E-state index contributed by atoms with van der Waals surface area (Å²) in [5.41, 5.74) is 2.09. The first-order chi connectivity index (χ1) is 11.9. The number of hydrogen-bond donors (Lipinski definition) is 1. The Labute approximate surface area is 142 Å². The van der Waals surface area contributed by atoms with Crippen LogP contribution >= 0.6 is 11.3 Å². The number of nitrogens with one attached hydrogen (secondary N) is 1. The fraction of sp³-hybridized carbons (Fsp3) is 0.235. The number of fused-ring (bicyclic) bond motifs is 3. The number of anilines is 1. The molecule has 0 spiro atoms. The minimum atomic E-state index is 0.881. The van der Waals surface area contributed by atoms with Crippen molar-refractivity contribution in [2.24, 2.45) is 0 Å². The third-order valence-electron chi connectivity index (χ3n) is 4.35. The van der Waals surface area contributed by atoms with Crippen molar-refractivity contribution in [2.45, 2.75) is 0 Å². The molecule has 0 saturated carbocycles. The van der Waals surface area contributed by atoms with Crippen LogP contribution in [0.25, 0.3) is 26.3 Å². The van der Waals surface area contributed by atoms with E-state index in [1.807, 2.05) is 10.6 Å². The maximum atomic E-state index is 4.92. The van der Waals surface area contributed by atoms with Crippen LogP contribution in [0.4, 0.5) is 5.95 Å². The van der Waals surface area contributed by atoms with Gasteiger partial charge in [-0.05, 0) is 11.6 Å². The van der Waals surface area contributed by atoms with Crippen molar-refractivity contribution in [3.8, 4) is 10.4 Å². The molecule has 0 unspecified atom stereocenters. The van der Waals surface area contributed by atoms with Gasteiger partial charge in [-0.1, -0.05) is 30.3 Å². The molecule has 3 aromatic heterocycles. The van der Waals surface area contributed by atoms with Crippen LogP contribution in [0.3, 0.4) is 0 Å². The highest BCUT2D eigenvalue weighted by Crippen LogP contribution is 2.35. The SMILES string of the molecule is c1ccc(-c2cc3c(nc(N4CCNCC4)n4ncnc34)s2)cc1. The summed E-state index contributed by atoms with van der Waals surface area (Å²) in [6, 6.07) is 12.6. The molecular formula is C17H16N6S. The fourth-order valence-corrected chi connectivity index (χ4v) is 4.18. The molecule has 0 aliphatic carbocycles. The number of aromatic nitrogens is 4. The molecule has 1 N–H and O–H groups in total. The summed E-state index contributed by atoms with van der Waals surface area (Å²) >= 11 is 1.71.